The molecule has 2 atom stereocenters. The molecule has 1 fully saturated rings. The van der Waals surface area contributed by atoms with Crippen molar-refractivity contribution in [2.75, 3.05) is 6.54 Å². The molecule has 0 saturated carbocycles. The number of hydrogen-bond acceptors (Lipinski definition) is 3. The smallest absolute Gasteiger partial charge is 0.410 e. The van der Waals surface area contributed by atoms with E-state index in [4.69, 9.17) is 4.74 Å². The molecule has 1 aromatic rings. The maximum absolute atomic E-state index is 12.8. The highest BCUT2D eigenvalue weighted by molar-refractivity contribution is 5.69. The van der Waals surface area contributed by atoms with Crippen molar-refractivity contribution in [1.29, 1.82) is 0 Å². The zero-order valence-electron chi connectivity index (χ0n) is 16.6. The molecule has 25 heavy (non-hydrogen) atoms. The second-order valence-corrected chi connectivity index (χ2v) is 9.49. The molecule has 0 unspecified atom stereocenters. The van der Waals surface area contributed by atoms with E-state index in [-0.39, 0.29) is 23.0 Å². The molecule has 0 aromatic heterocycles. The molecule has 1 N–H and O–H groups in total. The van der Waals surface area contributed by atoms with Gasteiger partial charge in [0.05, 0.1) is 0 Å². The van der Waals surface area contributed by atoms with Crippen molar-refractivity contribution in [2.24, 2.45) is 5.41 Å². The number of nitrogens with zero attached hydrogens (tertiary/aromatic N) is 1. The van der Waals surface area contributed by atoms with Crippen LogP contribution in [-0.2, 0) is 16.6 Å². The minimum absolute atomic E-state index is 0.0745. The summed E-state index contributed by atoms with van der Waals surface area (Å²) < 4.78 is 5.67. The molecule has 0 radical (unpaired) electrons. The Morgan fingerprint density at radius 2 is 1.92 bits per heavy atom. The van der Waals surface area contributed by atoms with Gasteiger partial charge >= 0.3 is 6.09 Å². The molecule has 1 heterocycles. The lowest BCUT2D eigenvalue weighted by Gasteiger charge is -2.60. The van der Waals surface area contributed by atoms with Crippen molar-refractivity contribution in [3.8, 4) is 5.75 Å². The summed E-state index contributed by atoms with van der Waals surface area (Å²) in [6.07, 6.45) is 1.45. The van der Waals surface area contributed by atoms with Gasteiger partial charge in [0.1, 0.15) is 11.4 Å². The second kappa shape index (κ2) is 5.39. The first-order valence-corrected chi connectivity index (χ1v) is 9.19. The van der Waals surface area contributed by atoms with Crippen LogP contribution in [0, 0.1) is 12.3 Å². The number of likely N-dealkylation sites (tertiary alicyclic amines) is 1. The fourth-order valence-corrected chi connectivity index (χ4v) is 4.61. The standard InChI is InChI=1S/C21H31NO3/c1-13-10-14-11-17-20(5,6)21(7,15(14)12-16(13)23)8-9-22(17)18(24)25-19(2,3)4/h10,12,17,23H,8-9,11H2,1-7H3/t17-,21+/m1/s1. The average molecular weight is 345 g/mol. The lowest BCUT2D eigenvalue weighted by atomic mass is 9.51. The maximum atomic E-state index is 12.8. The van der Waals surface area contributed by atoms with E-state index in [1.54, 1.807) is 0 Å². The van der Waals surface area contributed by atoms with E-state index in [1.165, 1.54) is 11.1 Å². The molecular formula is C21H31NO3. The molecule has 2 aliphatic rings. The van der Waals surface area contributed by atoms with E-state index < -0.39 is 5.60 Å². The molecule has 1 saturated heterocycles. The van der Waals surface area contributed by atoms with Crippen LogP contribution in [0.3, 0.4) is 0 Å². The van der Waals surface area contributed by atoms with E-state index in [1.807, 2.05) is 38.7 Å². The molecule has 1 amide bonds. The monoisotopic (exact) mass is 345 g/mol. The highest BCUT2D eigenvalue weighted by atomic mass is 16.6. The van der Waals surface area contributed by atoms with Gasteiger partial charge in [0.15, 0.2) is 0 Å². The summed E-state index contributed by atoms with van der Waals surface area (Å²) in [6.45, 7) is 15.1. The van der Waals surface area contributed by atoms with Crippen LogP contribution in [0.15, 0.2) is 12.1 Å². The topological polar surface area (TPSA) is 49.8 Å². The van der Waals surface area contributed by atoms with E-state index >= 15 is 0 Å². The molecule has 1 aliphatic heterocycles. The summed E-state index contributed by atoms with van der Waals surface area (Å²) >= 11 is 0. The van der Waals surface area contributed by atoms with E-state index in [2.05, 4.69) is 26.8 Å². The van der Waals surface area contributed by atoms with Crippen LogP contribution in [0.2, 0.25) is 0 Å². The highest BCUT2D eigenvalue weighted by Crippen LogP contribution is 2.56. The van der Waals surface area contributed by atoms with Crippen LogP contribution < -0.4 is 0 Å². The number of amides is 1. The third kappa shape index (κ3) is 2.70. The number of carbonyl (C=O) groups excluding carboxylic acids is 1. The molecule has 4 nitrogen and oxygen atoms in total. The predicted octanol–water partition coefficient (Wildman–Crippen LogP) is 4.55. The third-order valence-electron chi connectivity index (χ3n) is 6.54. The summed E-state index contributed by atoms with van der Waals surface area (Å²) in [6, 6.07) is 4.13. The highest BCUT2D eigenvalue weighted by Gasteiger charge is 2.57. The molecule has 0 spiro atoms. The lowest BCUT2D eigenvalue weighted by Crippen LogP contribution is -2.65. The number of aryl methyl sites for hydroxylation is 1. The quantitative estimate of drug-likeness (QED) is 0.750. The SMILES string of the molecule is Cc1cc2c(cc1O)[C@]1(C)CCN(C(=O)OC(C)(C)C)[C@H](C2)C1(C)C. The van der Waals surface area contributed by atoms with Gasteiger partial charge < -0.3 is 14.7 Å². The van der Waals surface area contributed by atoms with Gasteiger partial charge in [0, 0.05) is 18.0 Å². The molecule has 138 valence electrons. The predicted molar refractivity (Wildman–Crippen MR) is 99.0 cm³/mol. The number of piperidine rings is 1. The zero-order chi connectivity index (χ0) is 18.8. The van der Waals surface area contributed by atoms with Crippen LogP contribution in [-0.4, -0.2) is 34.3 Å². The lowest BCUT2D eigenvalue weighted by molar-refractivity contribution is -0.0522. The number of aromatic hydroxyl groups is 1. The van der Waals surface area contributed by atoms with Crippen LogP contribution in [0.25, 0.3) is 0 Å². The minimum atomic E-state index is -0.489. The Bertz CT molecular complexity index is 717. The zero-order valence-corrected chi connectivity index (χ0v) is 16.6. The number of benzene rings is 1. The molecule has 2 bridgehead atoms. The third-order valence-corrected chi connectivity index (χ3v) is 6.54. The van der Waals surface area contributed by atoms with E-state index in [0.29, 0.717) is 12.3 Å². The summed E-state index contributed by atoms with van der Waals surface area (Å²) in [4.78, 5) is 14.7. The number of phenolic OH excluding ortho intramolecular Hbond substituents is 1. The van der Waals surface area contributed by atoms with Crippen molar-refractivity contribution < 1.29 is 14.6 Å². The second-order valence-electron chi connectivity index (χ2n) is 9.49. The Balaban J connectivity index is 2.04. The average Bonchev–Trinajstić information content (AvgIpc) is 2.44. The van der Waals surface area contributed by atoms with E-state index in [0.717, 1.165) is 18.4 Å². The van der Waals surface area contributed by atoms with Gasteiger partial charge in [0.25, 0.3) is 0 Å². The maximum Gasteiger partial charge on any atom is 0.410 e. The van der Waals surface area contributed by atoms with Gasteiger partial charge in [0.2, 0.25) is 0 Å². The summed E-state index contributed by atoms with van der Waals surface area (Å²) in [5.41, 5.74) is 2.71. The largest absolute Gasteiger partial charge is 0.508 e. The number of ether oxygens (including phenoxy) is 1. The van der Waals surface area contributed by atoms with Crippen LogP contribution in [0.4, 0.5) is 4.79 Å². The van der Waals surface area contributed by atoms with E-state index in [9.17, 15) is 9.90 Å². The number of fused-ring (bicyclic) bond motifs is 4. The fourth-order valence-electron chi connectivity index (χ4n) is 4.61. The van der Waals surface area contributed by atoms with Crippen molar-refractivity contribution in [1.82, 2.24) is 4.90 Å². The first-order chi connectivity index (χ1) is 11.4. The van der Waals surface area contributed by atoms with Crippen LogP contribution in [0.5, 0.6) is 5.75 Å². The molecular weight excluding hydrogens is 314 g/mol. The Hall–Kier alpha value is -1.71. The molecule has 1 aromatic carbocycles. The Labute approximate surface area is 151 Å². The van der Waals surface area contributed by atoms with Crippen LogP contribution >= 0.6 is 0 Å². The van der Waals surface area contributed by atoms with Gasteiger partial charge in [-0.2, -0.15) is 0 Å². The molecule has 1 aliphatic carbocycles. The minimum Gasteiger partial charge on any atom is -0.508 e. The number of carbonyl (C=O) groups is 1. The van der Waals surface area contributed by atoms with Gasteiger partial charge in [-0.3, -0.25) is 0 Å². The fraction of sp³-hybridized carbons (Fsp3) is 0.667. The Kier molecular flexibility index (Phi) is 3.90. The van der Waals surface area contributed by atoms with Crippen LogP contribution in [0.1, 0.15) is 64.7 Å². The Morgan fingerprint density at radius 1 is 1.28 bits per heavy atom. The number of hydrogen-bond donors (Lipinski definition) is 1. The molecule has 4 heteroatoms. The number of rotatable bonds is 0. The first-order valence-electron chi connectivity index (χ1n) is 9.19. The summed E-state index contributed by atoms with van der Waals surface area (Å²) in [5.74, 6) is 0.365. The number of phenols is 1. The summed E-state index contributed by atoms with van der Waals surface area (Å²) in [5, 5.41) is 10.2. The van der Waals surface area contributed by atoms with Crippen molar-refractivity contribution in [3.05, 3.63) is 28.8 Å². The molecule has 3 rings (SSSR count). The normalized spacial score (nSPS) is 27.6. The van der Waals surface area contributed by atoms with Crippen molar-refractivity contribution in [2.45, 2.75) is 78.4 Å². The Morgan fingerprint density at radius 3 is 2.52 bits per heavy atom. The van der Waals surface area contributed by atoms with Crippen molar-refractivity contribution >= 4 is 6.09 Å². The van der Waals surface area contributed by atoms with Gasteiger partial charge in [-0.05, 0) is 68.7 Å². The van der Waals surface area contributed by atoms with Gasteiger partial charge in [-0.25, -0.2) is 4.79 Å². The first kappa shape index (κ1) is 18.1. The van der Waals surface area contributed by atoms with Crippen molar-refractivity contribution in [3.63, 3.8) is 0 Å². The van der Waals surface area contributed by atoms with Gasteiger partial charge in [-0.15, -0.1) is 0 Å². The summed E-state index contributed by atoms with van der Waals surface area (Å²) in [7, 11) is 0. The van der Waals surface area contributed by atoms with Gasteiger partial charge in [-0.1, -0.05) is 26.8 Å².